The molecule has 2 aliphatic rings. The van der Waals surface area contributed by atoms with Crippen LogP contribution < -0.4 is 5.56 Å². The van der Waals surface area contributed by atoms with Crippen molar-refractivity contribution in [3.8, 4) is 12.3 Å². The number of carbonyl (C=O) groups is 1. The first-order chi connectivity index (χ1) is 12.1. The minimum Gasteiger partial charge on any atom is -0.336 e. The lowest BCUT2D eigenvalue weighted by Crippen LogP contribution is -2.38. The van der Waals surface area contributed by atoms with Crippen LogP contribution in [-0.2, 0) is 0 Å². The van der Waals surface area contributed by atoms with Crippen molar-refractivity contribution >= 4 is 5.91 Å². The summed E-state index contributed by atoms with van der Waals surface area (Å²) < 4.78 is 0. The second kappa shape index (κ2) is 5.89. The summed E-state index contributed by atoms with van der Waals surface area (Å²) in [5.41, 5.74) is 2.14. The highest BCUT2D eigenvalue weighted by Gasteiger charge is 2.52. The van der Waals surface area contributed by atoms with Crippen LogP contribution in [-0.4, -0.2) is 33.9 Å². The molecule has 2 fully saturated rings. The average Bonchev–Trinajstić information content (AvgIpc) is 3.02. The Labute approximate surface area is 146 Å². The van der Waals surface area contributed by atoms with Crippen molar-refractivity contribution in [1.29, 1.82) is 0 Å². The van der Waals surface area contributed by atoms with Crippen molar-refractivity contribution in [2.45, 2.75) is 25.2 Å². The topological polar surface area (TPSA) is 66.1 Å². The maximum absolute atomic E-state index is 12.8. The lowest BCUT2D eigenvalue weighted by molar-refractivity contribution is 0.0719. The van der Waals surface area contributed by atoms with E-state index < -0.39 is 0 Å². The molecule has 0 radical (unpaired) electrons. The van der Waals surface area contributed by atoms with Gasteiger partial charge in [-0.2, -0.15) is 0 Å². The molecule has 0 unspecified atom stereocenters. The van der Waals surface area contributed by atoms with Crippen LogP contribution in [0.3, 0.4) is 0 Å². The van der Waals surface area contributed by atoms with E-state index in [0.717, 1.165) is 24.9 Å². The van der Waals surface area contributed by atoms with Gasteiger partial charge in [-0.15, -0.1) is 6.42 Å². The van der Waals surface area contributed by atoms with Crippen LogP contribution in [0.2, 0.25) is 0 Å². The quantitative estimate of drug-likeness (QED) is 0.857. The second-order valence-corrected chi connectivity index (χ2v) is 7.03. The molecule has 25 heavy (non-hydrogen) atoms. The maximum atomic E-state index is 12.8. The van der Waals surface area contributed by atoms with Gasteiger partial charge in [0.1, 0.15) is 5.69 Å². The molecule has 4 rings (SSSR count). The van der Waals surface area contributed by atoms with Crippen molar-refractivity contribution in [3.63, 3.8) is 0 Å². The first-order valence-electron chi connectivity index (χ1n) is 8.51. The predicted octanol–water partition coefficient (Wildman–Crippen LogP) is 2.16. The smallest absolute Gasteiger partial charge is 0.272 e. The number of terminal acetylenes is 1. The first-order valence-corrected chi connectivity index (χ1v) is 8.51. The van der Waals surface area contributed by atoms with Crippen LogP contribution in [0.4, 0.5) is 0 Å². The minimum absolute atomic E-state index is 0.149. The molecule has 2 aromatic rings. The van der Waals surface area contributed by atoms with E-state index in [0.29, 0.717) is 12.5 Å². The number of nitrogens with one attached hydrogen (secondary N) is 1. The van der Waals surface area contributed by atoms with E-state index in [4.69, 9.17) is 6.42 Å². The number of aromatic amines is 1. The molecule has 1 saturated carbocycles. The van der Waals surface area contributed by atoms with Crippen molar-refractivity contribution < 1.29 is 4.79 Å². The summed E-state index contributed by atoms with van der Waals surface area (Å²) in [7, 11) is 0. The number of hydrogen-bond donors (Lipinski definition) is 1. The van der Waals surface area contributed by atoms with E-state index in [9.17, 15) is 9.59 Å². The predicted molar refractivity (Wildman–Crippen MR) is 94.2 cm³/mol. The van der Waals surface area contributed by atoms with E-state index in [-0.39, 0.29) is 22.6 Å². The van der Waals surface area contributed by atoms with Gasteiger partial charge in [-0.25, -0.2) is 0 Å². The Kier molecular flexibility index (Phi) is 3.69. The van der Waals surface area contributed by atoms with Gasteiger partial charge >= 0.3 is 0 Å². The standard InChI is InChI=1S/C20H19N3O2/c1-2-14-4-6-15(7-5-14)16-12-23(13-20(16)8-3-9-20)19(25)17-10-21-11-18(24)22-17/h1,4-7,10-11,16H,3,8-9,12-13H2,(H,22,24)/t16-/m0/s1. The SMILES string of the molecule is C#Cc1ccc([C@@H]2CN(C(=O)c3cncc(=O)[nH]3)CC23CCC3)cc1. The third-order valence-corrected chi connectivity index (χ3v) is 5.65. The number of carbonyl (C=O) groups excluding carboxylic acids is 1. The summed E-state index contributed by atoms with van der Waals surface area (Å²) in [4.78, 5) is 32.5. The van der Waals surface area contributed by atoms with Gasteiger partial charge in [-0.1, -0.05) is 24.5 Å². The number of nitrogens with zero attached hydrogens (tertiary/aromatic N) is 2. The zero-order valence-electron chi connectivity index (χ0n) is 13.9. The molecule has 1 saturated heterocycles. The van der Waals surface area contributed by atoms with Gasteiger partial charge in [0.15, 0.2) is 0 Å². The molecule has 1 amide bonds. The lowest BCUT2D eigenvalue weighted by atomic mass is 9.61. The molecular weight excluding hydrogens is 314 g/mol. The van der Waals surface area contributed by atoms with E-state index >= 15 is 0 Å². The second-order valence-electron chi connectivity index (χ2n) is 7.03. The van der Waals surface area contributed by atoms with Crippen molar-refractivity contribution in [2.24, 2.45) is 5.41 Å². The van der Waals surface area contributed by atoms with E-state index in [2.05, 4.69) is 28.0 Å². The van der Waals surface area contributed by atoms with Crippen LogP contribution >= 0.6 is 0 Å². The molecular formula is C20H19N3O2. The summed E-state index contributed by atoms with van der Waals surface area (Å²) in [6, 6.07) is 8.09. The Hall–Kier alpha value is -2.87. The van der Waals surface area contributed by atoms with Crippen LogP contribution in [0.1, 0.15) is 46.8 Å². The van der Waals surface area contributed by atoms with Gasteiger partial charge in [0.2, 0.25) is 0 Å². The fraction of sp³-hybridized carbons (Fsp3) is 0.350. The van der Waals surface area contributed by atoms with Crippen LogP contribution in [0, 0.1) is 17.8 Å². The first kappa shape index (κ1) is 15.6. The summed E-state index contributed by atoms with van der Waals surface area (Å²) in [5, 5.41) is 0. The van der Waals surface area contributed by atoms with E-state index in [1.165, 1.54) is 24.4 Å². The third kappa shape index (κ3) is 2.64. The Morgan fingerprint density at radius 1 is 1.28 bits per heavy atom. The molecule has 1 spiro atoms. The number of H-pyrrole nitrogens is 1. The normalized spacial score (nSPS) is 20.9. The monoisotopic (exact) mass is 333 g/mol. The number of likely N-dealkylation sites (tertiary alicyclic amines) is 1. The number of amides is 1. The van der Waals surface area contributed by atoms with Crippen molar-refractivity contribution in [2.75, 3.05) is 13.1 Å². The van der Waals surface area contributed by atoms with Crippen LogP contribution in [0.25, 0.3) is 0 Å². The van der Waals surface area contributed by atoms with E-state index in [1.807, 2.05) is 17.0 Å². The molecule has 1 N–H and O–H groups in total. The van der Waals surface area contributed by atoms with Gasteiger partial charge in [-0.3, -0.25) is 14.6 Å². The third-order valence-electron chi connectivity index (χ3n) is 5.65. The Morgan fingerprint density at radius 3 is 2.64 bits per heavy atom. The van der Waals surface area contributed by atoms with Crippen molar-refractivity contribution in [1.82, 2.24) is 14.9 Å². The molecule has 1 aromatic heterocycles. The van der Waals surface area contributed by atoms with Gasteiger partial charge < -0.3 is 9.88 Å². The zero-order chi connectivity index (χ0) is 17.4. The summed E-state index contributed by atoms with van der Waals surface area (Å²) >= 11 is 0. The van der Waals surface area contributed by atoms with Gasteiger partial charge in [-0.05, 0) is 36.0 Å². The average molecular weight is 333 g/mol. The molecule has 1 aliphatic heterocycles. The molecule has 1 aromatic carbocycles. The van der Waals surface area contributed by atoms with E-state index in [1.54, 1.807) is 0 Å². The Bertz CT molecular complexity index is 904. The molecule has 126 valence electrons. The summed E-state index contributed by atoms with van der Waals surface area (Å²) in [5.74, 6) is 2.79. The Balaban J connectivity index is 1.62. The van der Waals surface area contributed by atoms with Crippen LogP contribution in [0.15, 0.2) is 41.5 Å². The van der Waals surface area contributed by atoms with Crippen molar-refractivity contribution in [3.05, 3.63) is 63.8 Å². The van der Waals surface area contributed by atoms with Gasteiger partial charge in [0.05, 0.1) is 12.4 Å². The molecule has 5 heteroatoms. The summed E-state index contributed by atoms with van der Waals surface area (Å²) in [6.07, 6.45) is 11.5. The highest BCUT2D eigenvalue weighted by molar-refractivity contribution is 5.92. The lowest BCUT2D eigenvalue weighted by Gasteiger charge is -2.43. The molecule has 2 heterocycles. The zero-order valence-corrected chi connectivity index (χ0v) is 13.9. The molecule has 1 atom stereocenters. The highest BCUT2D eigenvalue weighted by atomic mass is 16.2. The van der Waals surface area contributed by atoms with Gasteiger partial charge in [0.25, 0.3) is 11.5 Å². The minimum atomic E-state index is -0.357. The largest absolute Gasteiger partial charge is 0.336 e. The number of aromatic nitrogens is 2. The number of rotatable bonds is 2. The molecule has 0 bridgehead atoms. The number of hydrogen-bond acceptors (Lipinski definition) is 3. The fourth-order valence-corrected chi connectivity index (χ4v) is 4.19. The Morgan fingerprint density at radius 2 is 2.04 bits per heavy atom. The molecule has 5 nitrogen and oxygen atoms in total. The fourth-order valence-electron chi connectivity index (χ4n) is 4.19. The highest BCUT2D eigenvalue weighted by Crippen LogP contribution is 2.55. The van der Waals surface area contributed by atoms with Crippen LogP contribution in [0.5, 0.6) is 0 Å². The maximum Gasteiger partial charge on any atom is 0.272 e. The summed E-state index contributed by atoms with van der Waals surface area (Å²) in [6.45, 7) is 1.38. The number of benzene rings is 1. The van der Waals surface area contributed by atoms with Gasteiger partial charge in [0, 0.05) is 24.6 Å². The molecule has 1 aliphatic carbocycles.